The van der Waals surface area contributed by atoms with Gasteiger partial charge in [-0.3, -0.25) is 14.5 Å². The Balaban J connectivity index is 2.10. The number of anilines is 1. The van der Waals surface area contributed by atoms with Gasteiger partial charge in [-0.05, 0) is 30.7 Å². The van der Waals surface area contributed by atoms with Crippen molar-refractivity contribution in [2.45, 2.75) is 19.4 Å². The molecule has 1 heterocycles. The molecule has 7 heteroatoms. The lowest BCUT2D eigenvalue weighted by atomic mass is 10.1. The number of thioether (sulfide) groups is 1. The summed E-state index contributed by atoms with van der Waals surface area (Å²) < 4.78 is 5.53. The van der Waals surface area contributed by atoms with Gasteiger partial charge in [0.15, 0.2) is 0 Å². The van der Waals surface area contributed by atoms with E-state index in [0.717, 1.165) is 5.75 Å². The van der Waals surface area contributed by atoms with Crippen LogP contribution in [0, 0.1) is 0 Å². The van der Waals surface area contributed by atoms with Crippen molar-refractivity contribution >= 4 is 45.8 Å². The number of amides is 2. The second kappa shape index (κ2) is 6.91. The summed E-state index contributed by atoms with van der Waals surface area (Å²) in [6.45, 7) is 1.42. The molecule has 1 saturated heterocycles. The number of rotatable bonds is 3. The van der Waals surface area contributed by atoms with Crippen LogP contribution in [0.15, 0.2) is 24.3 Å². The fraction of sp³-hybridized carbons (Fsp3) is 0.357. The summed E-state index contributed by atoms with van der Waals surface area (Å²) in [5.74, 6) is 1.03. The summed E-state index contributed by atoms with van der Waals surface area (Å²) in [5.41, 5.74) is 0.661. The van der Waals surface area contributed by atoms with Crippen molar-refractivity contribution in [3.8, 4) is 5.75 Å². The number of hydrogen-bond acceptors (Lipinski definition) is 5. The number of methoxy groups -OCH3 is 1. The lowest BCUT2D eigenvalue weighted by Crippen LogP contribution is -2.50. The van der Waals surface area contributed by atoms with Crippen LogP contribution in [0.25, 0.3) is 0 Å². The minimum atomic E-state index is -0.543. The quantitative estimate of drug-likeness (QED) is 0.865. The van der Waals surface area contributed by atoms with Crippen molar-refractivity contribution in [3.05, 3.63) is 24.3 Å². The molecule has 0 radical (unpaired) electrons. The molecule has 0 aromatic heterocycles. The molecule has 1 N–H and O–H groups in total. The van der Waals surface area contributed by atoms with Crippen LogP contribution in [-0.4, -0.2) is 39.9 Å². The second-order valence-corrected chi connectivity index (χ2v) is 6.25. The van der Waals surface area contributed by atoms with Gasteiger partial charge in [-0.1, -0.05) is 24.0 Å². The maximum absolute atomic E-state index is 12.4. The number of nitrogens with zero attached hydrogens (tertiary/aromatic N) is 1. The number of nitrogens with one attached hydrogen (secondary N) is 1. The molecule has 0 bridgehead atoms. The number of carbonyl (C=O) groups is 2. The molecule has 21 heavy (non-hydrogen) atoms. The predicted molar refractivity (Wildman–Crippen MR) is 87.6 cm³/mol. The highest BCUT2D eigenvalue weighted by molar-refractivity contribution is 8.23. The van der Waals surface area contributed by atoms with E-state index in [1.165, 1.54) is 23.6 Å². The van der Waals surface area contributed by atoms with Crippen LogP contribution in [0.5, 0.6) is 5.75 Å². The van der Waals surface area contributed by atoms with Crippen molar-refractivity contribution in [3.63, 3.8) is 0 Å². The third-order valence-electron chi connectivity index (χ3n) is 3.12. The Hall–Kier alpha value is -1.60. The van der Waals surface area contributed by atoms with E-state index in [1.807, 2.05) is 0 Å². The van der Waals surface area contributed by atoms with Gasteiger partial charge in [-0.25, -0.2) is 0 Å². The maximum atomic E-state index is 12.4. The Labute approximate surface area is 133 Å². The zero-order chi connectivity index (χ0) is 15.4. The molecule has 1 aromatic carbocycles. The van der Waals surface area contributed by atoms with Crippen LogP contribution in [0.1, 0.15) is 13.3 Å². The van der Waals surface area contributed by atoms with Gasteiger partial charge < -0.3 is 10.1 Å². The second-order valence-electron chi connectivity index (χ2n) is 4.53. The lowest BCUT2D eigenvalue weighted by molar-refractivity contribution is -0.132. The molecule has 1 fully saturated rings. The van der Waals surface area contributed by atoms with Crippen molar-refractivity contribution in [2.75, 3.05) is 18.2 Å². The van der Waals surface area contributed by atoms with E-state index in [0.29, 0.717) is 22.2 Å². The SMILES string of the molecule is COc1ccc(NC(=O)C2CCSC(=S)N2C(C)=O)cc1. The van der Waals surface area contributed by atoms with Crippen LogP contribution in [0.3, 0.4) is 0 Å². The Kier molecular flexibility index (Phi) is 5.19. The molecule has 2 amide bonds. The summed E-state index contributed by atoms with van der Waals surface area (Å²) in [6, 6.07) is 6.49. The smallest absolute Gasteiger partial charge is 0.247 e. The van der Waals surface area contributed by atoms with Crippen LogP contribution in [0.4, 0.5) is 5.69 Å². The van der Waals surface area contributed by atoms with Crippen molar-refractivity contribution in [1.29, 1.82) is 0 Å². The summed E-state index contributed by atoms with van der Waals surface area (Å²) in [6.07, 6.45) is 0.590. The van der Waals surface area contributed by atoms with E-state index in [1.54, 1.807) is 31.4 Å². The first-order chi connectivity index (χ1) is 10.0. The first-order valence-corrected chi connectivity index (χ1v) is 7.84. The molecule has 1 unspecified atom stereocenters. The molecule has 0 aliphatic carbocycles. The Bertz CT molecular complexity index is 560. The molecule has 112 valence electrons. The van der Waals surface area contributed by atoms with E-state index < -0.39 is 6.04 Å². The van der Waals surface area contributed by atoms with Crippen LogP contribution < -0.4 is 10.1 Å². The highest BCUT2D eigenvalue weighted by Gasteiger charge is 2.34. The van der Waals surface area contributed by atoms with Gasteiger partial charge in [0.25, 0.3) is 0 Å². The zero-order valence-electron chi connectivity index (χ0n) is 11.8. The Morgan fingerprint density at radius 3 is 2.62 bits per heavy atom. The molecule has 1 atom stereocenters. The van der Waals surface area contributed by atoms with E-state index in [4.69, 9.17) is 17.0 Å². The van der Waals surface area contributed by atoms with Gasteiger partial charge in [-0.15, -0.1) is 0 Å². The van der Waals surface area contributed by atoms with Gasteiger partial charge in [-0.2, -0.15) is 0 Å². The summed E-state index contributed by atoms with van der Waals surface area (Å²) in [4.78, 5) is 25.5. The zero-order valence-corrected chi connectivity index (χ0v) is 13.4. The largest absolute Gasteiger partial charge is 0.497 e. The number of hydrogen-bond donors (Lipinski definition) is 1. The standard InChI is InChI=1S/C14H16N2O3S2/c1-9(17)16-12(7-8-21-14(16)20)13(18)15-10-3-5-11(19-2)6-4-10/h3-6,12H,7-8H2,1-2H3,(H,15,18). The molecule has 0 saturated carbocycles. The van der Waals surface area contributed by atoms with E-state index >= 15 is 0 Å². The van der Waals surface area contributed by atoms with E-state index in [9.17, 15) is 9.59 Å². The maximum Gasteiger partial charge on any atom is 0.247 e. The Morgan fingerprint density at radius 2 is 2.05 bits per heavy atom. The predicted octanol–water partition coefficient (Wildman–Crippen LogP) is 2.27. The summed E-state index contributed by atoms with van der Waals surface area (Å²) >= 11 is 6.60. The average molecular weight is 324 g/mol. The third-order valence-corrected chi connectivity index (χ3v) is 4.56. The average Bonchev–Trinajstić information content (AvgIpc) is 2.47. The van der Waals surface area contributed by atoms with E-state index in [2.05, 4.69) is 5.32 Å². The highest BCUT2D eigenvalue weighted by Crippen LogP contribution is 2.25. The van der Waals surface area contributed by atoms with Gasteiger partial charge in [0.05, 0.1) is 7.11 Å². The normalized spacial score (nSPS) is 18.3. The molecule has 2 rings (SSSR count). The van der Waals surface area contributed by atoms with Crippen LogP contribution in [0.2, 0.25) is 0 Å². The molecular weight excluding hydrogens is 308 g/mol. The van der Waals surface area contributed by atoms with Gasteiger partial charge in [0.1, 0.15) is 16.1 Å². The van der Waals surface area contributed by atoms with Crippen molar-refractivity contribution in [2.24, 2.45) is 0 Å². The molecule has 0 spiro atoms. The number of benzene rings is 1. The third kappa shape index (κ3) is 3.74. The first-order valence-electron chi connectivity index (χ1n) is 6.44. The van der Waals surface area contributed by atoms with Crippen LogP contribution in [-0.2, 0) is 9.59 Å². The minimum Gasteiger partial charge on any atom is -0.497 e. The van der Waals surface area contributed by atoms with Crippen molar-refractivity contribution < 1.29 is 14.3 Å². The number of ether oxygens (including phenoxy) is 1. The lowest BCUT2D eigenvalue weighted by Gasteiger charge is -2.33. The topological polar surface area (TPSA) is 58.6 Å². The number of thiocarbonyl (C=S) groups is 1. The van der Waals surface area contributed by atoms with Gasteiger partial charge in [0, 0.05) is 18.4 Å². The molecule has 1 aromatic rings. The fourth-order valence-corrected chi connectivity index (χ4v) is 3.50. The molecular formula is C14H16N2O3S2. The molecule has 1 aliphatic heterocycles. The monoisotopic (exact) mass is 324 g/mol. The summed E-state index contributed by atoms with van der Waals surface area (Å²) in [7, 11) is 1.58. The molecule has 5 nitrogen and oxygen atoms in total. The summed E-state index contributed by atoms with van der Waals surface area (Å²) in [5, 5.41) is 2.81. The van der Waals surface area contributed by atoms with E-state index in [-0.39, 0.29) is 11.8 Å². The Morgan fingerprint density at radius 1 is 1.38 bits per heavy atom. The first kappa shape index (κ1) is 15.8. The van der Waals surface area contributed by atoms with Crippen LogP contribution >= 0.6 is 24.0 Å². The van der Waals surface area contributed by atoms with Gasteiger partial charge >= 0.3 is 0 Å². The highest BCUT2D eigenvalue weighted by atomic mass is 32.2. The fourth-order valence-electron chi connectivity index (χ4n) is 2.08. The van der Waals surface area contributed by atoms with Gasteiger partial charge in [0.2, 0.25) is 11.8 Å². The minimum absolute atomic E-state index is 0.206. The number of carbonyl (C=O) groups excluding carboxylic acids is 2. The molecule has 1 aliphatic rings. The van der Waals surface area contributed by atoms with Crippen molar-refractivity contribution in [1.82, 2.24) is 4.90 Å².